The molecular formula is C13H17N3O8S. The number of nitrogens with one attached hydrogen (secondary N) is 1. The third kappa shape index (κ3) is 4.48. The van der Waals surface area contributed by atoms with Crippen LogP contribution in [-0.4, -0.2) is 66.9 Å². The molecule has 138 valence electrons. The van der Waals surface area contributed by atoms with Crippen LogP contribution in [0.3, 0.4) is 0 Å². The molecule has 1 saturated heterocycles. The number of aliphatic hydroxyl groups is 2. The molecule has 1 aliphatic rings. The van der Waals surface area contributed by atoms with Crippen LogP contribution in [0.25, 0.3) is 0 Å². The van der Waals surface area contributed by atoms with E-state index in [0.717, 1.165) is 22.4 Å². The summed E-state index contributed by atoms with van der Waals surface area (Å²) in [6.07, 6.45) is -2.06. The Kier molecular flexibility index (Phi) is 6.00. The first kappa shape index (κ1) is 19.2. The summed E-state index contributed by atoms with van der Waals surface area (Å²) in [6.45, 7) is -0.330. The fraction of sp³-hybridized carbons (Fsp3) is 0.538. The third-order valence-electron chi connectivity index (χ3n) is 3.55. The molecule has 1 fully saturated rings. The van der Waals surface area contributed by atoms with Crippen LogP contribution in [0.2, 0.25) is 0 Å². The summed E-state index contributed by atoms with van der Waals surface area (Å²) in [6, 6.07) is -0.247. The zero-order valence-electron chi connectivity index (χ0n) is 12.8. The molecule has 0 aliphatic carbocycles. The van der Waals surface area contributed by atoms with Gasteiger partial charge in [0.25, 0.3) is 5.56 Å². The van der Waals surface area contributed by atoms with Gasteiger partial charge in [-0.1, -0.05) is 0 Å². The van der Waals surface area contributed by atoms with E-state index in [0.29, 0.717) is 0 Å². The molecule has 1 aliphatic heterocycles. The number of esters is 1. The zero-order chi connectivity index (χ0) is 18.7. The largest absolute Gasteiger partial charge is 0.481 e. The number of nitrogens with two attached hydrogens (primary N) is 1. The minimum atomic E-state index is -1.34. The number of hydrogen-bond donors (Lipinski definition) is 5. The summed E-state index contributed by atoms with van der Waals surface area (Å²) in [5.41, 5.74) is 4.01. The Bertz CT molecular complexity index is 762. The van der Waals surface area contributed by atoms with Crippen molar-refractivity contribution in [3.63, 3.8) is 0 Å². The summed E-state index contributed by atoms with van der Waals surface area (Å²) in [7, 11) is 0. The van der Waals surface area contributed by atoms with Gasteiger partial charge in [0.2, 0.25) is 0 Å². The number of carbonyl (C=O) groups excluding carboxylic acids is 1. The number of hydrogen-bond acceptors (Lipinski definition) is 9. The Morgan fingerprint density at radius 1 is 1.36 bits per heavy atom. The van der Waals surface area contributed by atoms with Gasteiger partial charge in [0.15, 0.2) is 0 Å². The number of rotatable bonds is 6. The van der Waals surface area contributed by atoms with Gasteiger partial charge in [0, 0.05) is 12.3 Å². The number of aliphatic carboxylic acids is 1. The molecule has 5 atom stereocenters. The average Bonchev–Trinajstić information content (AvgIpc) is 2.80. The van der Waals surface area contributed by atoms with E-state index >= 15 is 0 Å². The molecule has 0 bridgehead atoms. The lowest BCUT2D eigenvalue weighted by molar-refractivity contribution is -0.149. The van der Waals surface area contributed by atoms with E-state index in [4.69, 9.17) is 15.6 Å². The van der Waals surface area contributed by atoms with Crippen LogP contribution in [0, 0.1) is 0 Å². The number of carboxylic acid groups (broad SMARTS) is 1. The normalized spacial score (nSPS) is 27.0. The molecule has 0 amide bonds. The highest BCUT2D eigenvalue weighted by Crippen LogP contribution is 2.41. The summed E-state index contributed by atoms with van der Waals surface area (Å²) < 4.78 is 5.93. The van der Waals surface area contributed by atoms with Crippen molar-refractivity contribution >= 4 is 23.7 Å². The van der Waals surface area contributed by atoms with Crippen LogP contribution in [-0.2, 0) is 14.3 Å². The molecular weight excluding hydrogens is 358 g/mol. The maximum absolute atomic E-state index is 11.8. The van der Waals surface area contributed by atoms with Gasteiger partial charge in [-0.15, -0.1) is 11.8 Å². The molecule has 11 nitrogen and oxygen atoms in total. The predicted octanol–water partition coefficient (Wildman–Crippen LogP) is -2.78. The van der Waals surface area contributed by atoms with Crippen LogP contribution in [0.5, 0.6) is 0 Å². The Labute approximate surface area is 144 Å². The van der Waals surface area contributed by atoms with E-state index in [1.54, 1.807) is 0 Å². The molecule has 0 aromatic carbocycles. The second-order valence-electron chi connectivity index (χ2n) is 5.40. The number of ether oxygens (including phenoxy) is 1. The van der Waals surface area contributed by atoms with Crippen molar-refractivity contribution in [3.05, 3.63) is 33.1 Å². The number of aromatic nitrogens is 2. The summed E-state index contributed by atoms with van der Waals surface area (Å²) >= 11 is 0.974. The van der Waals surface area contributed by atoms with Crippen molar-refractivity contribution in [2.75, 3.05) is 6.61 Å². The zero-order valence-corrected chi connectivity index (χ0v) is 13.6. The van der Waals surface area contributed by atoms with Gasteiger partial charge in [0.1, 0.15) is 24.1 Å². The Morgan fingerprint density at radius 3 is 2.64 bits per heavy atom. The Morgan fingerprint density at radius 2 is 2.04 bits per heavy atom. The van der Waals surface area contributed by atoms with Crippen LogP contribution in [0.4, 0.5) is 0 Å². The predicted molar refractivity (Wildman–Crippen MR) is 84.9 cm³/mol. The molecule has 2 heterocycles. The third-order valence-corrected chi connectivity index (χ3v) is 5.10. The average molecular weight is 375 g/mol. The SMILES string of the molecule is N[C@H](CC(=O)O)C(=O)OC[C@H]1S[C@@H](n2ccc(=O)[nH]c2=O)C(O)C1O. The van der Waals surface area contributed by atoms with Crippen LogP contribution in [0.1, 0.15) is 11.8 Å². The minimum Gasteiger partial charge on any atom is -0.481 e. The molecule has 1 aromatic rings. The second-order valence-corrected chi connectivity index (χ2v) is 6.76. The summed E-state index contributed by atoms with van der Waals surface area (Å²) in [5, 5.41) is 27.1. The quantitative estimate of drug-likeness (QED) is 0.326. The molecule has 0 saturated carbocycles. The van der Waals surface area contributed by atoms with Gasteiger partial charge in [0.05, 0.1) is 17.8 Å². The number of carbonyl (C=O) groups is 2. The molecule has 25 heavy (non-hydrogen) atoms. The molecule has 2 rings (SSSR count). The van der Waals surface area contributed by atoms with E-state index in [9.17, 15) is 29.4 Å². The smallest absolute Gasteiger partial charge is 0.329 e. The first-order valence-electron chi connectivity index (χ1n) is 7.17. The standard InChI is InChI=1S/C13H17N3O8S/c14-5(3-8(18)19)12(22)24-4-6-9(20)10(21)11(25-6)16-2-1-7(17)15-13(16)23/h1-2,5-6,9-11,20-21H,3-4,14H2,(H,18,19)(H,15,17,23)/t5-,6-,9?,10?,11-/m1/s1. The molecule has 0 spiro atoms. The van der Waals surface area contributed by atoms with E-state index in [-0.39, 0.29) is 6.61 Å². The van der Waals surface area contributed by atoms with Crippen molar-refractivity contribution in [1.82, 2.24) is 9.55 Å². The first-order valence-corrected chi connectivity index (χ1v) is 8.12. The molecule has 0 radical (unpaired) electrons. The van der Waals surface area contributed by atoms with Crippen molar-refractivity contribution in [2.45, 2.75) is 35.3 Å². The number of aromatic amines is 1. The molecule has 12 heteroatoms. The lowest BCUT2D eigenvalue weighted by Gasteiger charge is -2.17. The Balaban J connectivity index is 2.02. The minimum absolute atomic E-state index is 0.330. The number of carboxylic acids is 1. The van der Waals surface area contributed by atoms with Gasteiger partial charge < -0.3 is 25.8 Å². The second kappa shape index (κ2) is 7.82. The first-order chi connectivity index (χ1) is 11.7. The number of aliphatic hydroxyl groups excluding tert-OH is 2. The summed E-state index contributed by atoms with van der Waals surface area (Å²) in [5.74, 6) is -2.21. The fourth-order valence-corrected chi connectivity index (χ4v) is 3.71. The van der Waals surface area contributed by atoms with E-state index in [2.05, 4.69) is 0 Å². The molecule has 1 aromatic heterocycles. The van der Waals surface area contributed by atoms with Gasteiger partial charge in [-0.05, 0) is 0 Å². The van der Waals surface area contributed by atoms with Crippen molar-refractivity contribution in [2.24, 2.45) is 5.73 Å². The monoisotopic (exact) mass is 375 g/mol. The van der Waals surface area contributed by atoms with Gasteiger partial charge in [-0.25, -0.2) is 4.79 Å². The van der Waals surface area contributed by atoms with E-state index in [1.165, 1.54) is 6.20 Å². The number of nitrogens with zero attached hydrogens (tertiary/aromatic N) is 1. The molecule has 2 unspecified atom stereocenters. The lowest BCUT2D eigenvalue weighted by Crippen LogP contribution is -2.39. The van der Waals surface area contributed by atoms with Gasteiger partial charge >= 0.3 is 17.6 Å². The van der Waals surface area contributed by atoms with E-state index in [1.807, 2.05) is 4.98 Å². The number of thioether (sulfide) groups is 1. The van der Waals surface area contributed by atoms with E-state index < -0.39 is 58.5 Å². The van der Waals surface area contributed by atoms with Crippen LogP contribution >= 0.6 is 11.8 Å². The maximum atomic E-state index is 11.8. The Hall–Kier alpha value is -2.15. The highest BCUT2D eigenvalue weighted by Gasteiger charge is 2.44. The van der Waals surface area contributed by atoms with Crippen molar-refractivity contribution in [1.29, 1.82) is 0 Å². The highest BCUT2D eigenvalue weighted by molar-refractivity contribution is 8.00. The lowest BCUT2D eigenvalue weighted by atomic mass is 10.1. The van der Waals surface area contributed by atoms with Gasteiger partial charge in [-0.3, -0.25) is 23.9 Å². The van der Waals surface area contributed by atoms with Gasteiger partial charge in [-0.2, -0.15) is 0 Å². The van der Waals surface area contributed by atoms with Crippen LogP contribution < -0.4 is 17.0 Å². The topological polar surface area (TPSA) is 185 Å². The summed E-state index contributed by atoms with van der Waals surface area (Å²) in [4.78, 5) is 47.0. The fourth-order valence-electron chi connectivity index (χ4n) is 2.27. The van der Waals surface area contributed by atoms with Crippen molar-refractivity contribution < 1.29 is 29.6 Å². The van der Waals surface area contributed by atoms with Crippen LogP contribution in [0.15, 0.2) is 21.9 Å². The van der Waals surface area contributed by atoms with Crippen molar-refractivity contribution in [3.8, 4) is 0 Å². The number of H-pyrrole nitrogens is 1. The maximum Gasteiger partial charge on any atom is 0.329 e. The highest BCUT2D eigenvalue weighted by atomic mass is 32.2. The molecule has 6 N–H and O–H groups in total.